The molecule has 0 aromatic heterocycles. The molecule has 178 valence electrons. The van der Waals surface area contributed by atoms with Crippen LogP contribution in [0.1, 0.15) is 36.6 Å². The third-order valence-electron chi connectivity index (χ3n) is 2.00. The minimum Gasteiger partial charge on any atom is -0.458 e. The number of ether oxygens (including phenoxy) is 1. The first-order valence-corrected chi connectivity index (χ1v) is 15.5. The summed E-state index contributed by atoms with van der Waals surface area (Å²) in [7, 11) is -2.06. The van der Waals surface area contributed by atoms with Crippen molar-refractivity contribution in [1.29, 1.82) is 0 Å². The van der Waals surface area contributed by atoms with Crippen LogP contribution in [0.15, 0.2) is 35.7 Å². The molecule has 0 fully saturated rings. The number of esters is 1. The van der Waals surface area contributed by atoms with Gasteiger partial charge in [-0.2, -0.15) is 12.6 Å². The molecule has 0 spiro atoms. The van der Waals surface area contributed by atoms with Gasteiger partial charge in [0.1, 0.15) is 20.2 Å². The molecule has 4 nitrogen and oxygen atoms in total. The zero-order valence-electron chi connectivity index (χ0n) is 16.9. The van der Waals surface area contributed by atoms with Gasteiger partial charge in [-0.1, -0.05) is 99.1 Å². The Morgan fingerprint density at radius 2 is 1.14 bits per heavy atom. The van der Waals surface area contributed by atoms with Crippen molar-refractivity contribution in [2.75, 3.05) is 12.4 Å². The lowest BCUT2D eigenvalue weighted by Crippen LogP contribution is -2.16. The van der Waals surface area contributed by atoms with Crippen molar-refractivity contribution in [3.8, 4) is 0 Å². The van der Waals surface area contributed by atoms with E-state index in [4.69, 9.17) is 14.3 Å². The van der Waals surface area contributed by atoms with E-state index in [0.29, 0.717) is 12.2 Å². The quantitative estimate of drug-likeness (QED) is 0.196. The molecule has 0 unspecified atom stereocenters. The first-order valence-electron chi connectivity index (χ1n) is 7.75. The number of carbonyl (C=O) groups is 3. The van der Waals surface area contributed by atoms with E-state index >= 15 is 0 Å². The summed E-state index contributed by atoms with van der Waals surface area (Å²) >= 11 is 4.07. The summed E-state index contributed by atoms with van der Waals surface area (Å²) in [5.41, 5.74) is 4.90. The lowest BCUT2D eigenvalue weighted by molar-refractivity contribution is -0.137. The Bertz CT molecular complexity index is 408. The standard InChI is InChI=1S/C10H18O2Si.C6H14SSi.2CH2O.4CH4/c1-9(2)10(11)12-7-6-8-13(3,4)5;1-8(2,3)6-4-5-7;2*1-2;;;;/h6,8H,1,7H2,2-5H3;4,6-7H,5H2,1-3H3;2*1H2;4*1H4. The molecule has 0 aliphatic carbocycles. The van der Waals surface area contributed by atoms with Gasteiger partial charge in [-0.05, 0) is 6.92 Å². The van der Waals surface area contributed by atoms with E-state index in [1.54, 1.807) is 6.92 Å². The van der Waals surface area contributed by atoms with Crippen LogP contribution >= 0.6 is 12.6 Å². The van der Waals surface area contributed by atoms with Crippen LogP contribution in [0.2, 0.25) is 39.3 Å². The Morgan fingerprint density at radius 1 is 0.828 bits per heavy atom. The fourth-order valence-corrected chi connectivity index (χ4v) is 2.99. The maximum absolute atomic E-state index is 10.9. The third kappa shape index (κ3) is 66.0. The van der Waals surface area contributed by atoms with Crippen molar-refractivity contribution in [3.05, 3.63) is 35.7 Å². The van der Waals surface area contributed by atoms with Crippen LogP contribution in [0.3, 0.4) is 0 Å². The Labute approximate surface area is 191 Å². The van der Waals surface area contributed by atoms with Gasteiger partial charge in [0.05, 0.1) is 16.1 Å². The summed E-state index contributed by atoms with van der Waals surface area (Å²) in [6.07, 6.45) is 4.04. The van der Waals surface area contributed by atoms with Gasteiger partial charge in [0.25, 0.3) is 0 Å². The number of hydrogen-bond donors (Lipinski definition) is 1. The van der Waals surface area contributed by atoms with E-state index in [-0.39, 0.29) is 35.7 Å². The number of rotatable bonds is 6. The normalized spacial score (nSPS) is 9.10. The second kappa shape index (κ2) is 31.5. The average Bonchev–Trinajstić information content (AvgIpc) is 2.52. The molecule has 0 aromatic carbocycles. The van der Waals surface area contributed by atoms with Gasteiger partial charge < -0.3 is 14.3 Å². The number of thiol groups is 1. The average molecular weight is 469 g/mol. The fraction of sp³-hybridized carbons (Fsp3) is 0.591. The van der Waals surface area contributed by atoms with E-state index in [1.807, 2.05) is 19.7 Å². The molecule has 0 atom stereocenters. The lowest BCUT2D eigenvalue weighted by Gasteiger charge is -2.08. The van der Waals surface area contributed by atoms with Crippen LogP contribution < -0.4 is 0 Å². The zero-order valence-corrected chi connectivity index (χ0v) is 19.8. The zero-order chi connectivity index (χ0) is 21.1. The van der Waals surface area contributed by atoms with Crippen molar-refractivity contribution < 1.29 is 19.1 Å². The van der Waals surface area contributed by atoms with Gasteiger partial charge in [-0.15, -0.1) is 0 Å². The summed E-state index contributed by atoms with van der Waals surface area (Å²) in [5.74, 6) is 0.560. The van der Waals surface area contributed by atoms with Gasteiger partial charge >= 0.3 is 5.97 Å². The second-order valence-electron chi connectivity index (χ2n) is 7.10. The maximum atomic E-state index is 10.9. The first kappa shape index (κ1) is 50.9. The molecule has 0 aromatic rings. The van der Waals surface area contributed by atoms with Crippen LogP contribution in [-0.4, -0.2) is 48.1 Å². The Hall–Kier alpha value is -1.19. The summed E-state index contributed by atoms with van der Waals surface area (Å²) in [6, 6.07) is 0. The molecule has 0 heterocycles. The first-order chi connectivity index (χ1) is 11.4. The Kier molecular flexibility index (Phi) is 55.3. The molecule has 0 saturated heterocycles. The topological polar surface area (TPSA) is 60.4 Å². The highest BCUT2D eigenvalue weighted by Crippen LogP contribution is 2.02. The molecule has 0 N–H and O–H groups in total. The molecule has 0 bridgehead atoms. The molecule has 0 saturated carbocycles. The third-order valence-corrected chi connectivity index (χ3v) is 4.68. The number of carbonyl (C=O) groups excluding carboxylic acids is 3. The SMILES string of the molecule is C.C.C.C.C=C(C)C(=O)OCC=C[Si](C)(C)C.C=O.C=O.C[Si](C)(C)C=CCS. The van der Waals surface area contributed by atoms with E-state index in [9.17, 15) is 4.79 Å². The van der Waals surface area contributed by atoms with Gasteiger partial charge in [0, 0.05) is 11.3 Å². The largest absolute Gasteiger partial charge is 0.458 e. The summed E-state index contributed by atoms with van der Waals surface area (Å²) < 4.78 is 4.90. The van der Waals surface area contributed by atoms with Gasteiger partial charge in [-0.25, -0.2) is 4.79 Å². The van der Waals surface area contributed by atoms with E-state index in [0.717, 1.165) is 5.75 Å². The second-order valence-corrected chi connectivity index (χ2v) is 17.6. The summed E-state index contributed by atoms with van der Waals surface area (Å²) in [5, 5.41) is 0. The van der Waals surface area contributed by atoms with Gasteiger partial charge in [0.2, 0.25) is 0 Å². The van der Waals surface area contributed by atoms with Crippen molar-refractivity contribution in [2.24, 2.45) is 0 Å². The van der Waals surface area contributed by atoms with Crippen LogP contribution in [0.4, 0.5) is 0 Å². The van der Waals surface area contributed by atoms with Gasteiger partial charge in [-0.3, -0.25) is 0 Å². The molecule has 0 radical (unpaired) electrons. The molecular formula is C22H52O4SSi2. The van der Waals surface area contributed by atoms with Crippen LogP contribution in [-0.2, 0) is 19.1 Å². The summed E-state index contributed by atoms with van der Waals surface area (Å²) in [4.78, 5) is 26.9. The van der Waals surface area contributed by atoms with Crippen LogP contribution in [0.25, 0.3) is 0 Å². The molecule has 0 aliphatic heterocycles. The minimum absolute atomic E-state index is 0. The highest BCUT2D eigenvalue weighted by Gasteiger charge is 2.07. The Balaban J connectivity index is -0.0000000405. The van der Waals surface area contributed by atoms with E-state index < -0.39 is 16.1 Å². The lowest BCUT2D eigenvalue weighted by atomic mass is 10.4. The smallest absolute Gasteiger partial charge is 0.333 e. The van der Waals surface area contributed by atoms with E-state index in [2.05, 4.69) is 76.0 Å². The minimum atomic E-state index is -1.15. The maximum Gasteiger partial charge on any atom is 0.333 e. The fourth-order valence-electron chi connectivity index (χ4n) is 1.05. The van der Waals surface area contributed by atoms with Crippen molar-refractivity contribution in [2.45, 2.75) is 75.9 Å². The summed E-state index contributed by atoms with van der Waals surface area (Å²) in [6.45, 7) is 23.1. The molecule has 0 aliphatic rings. The van der Waals surface area contributed by atoms with Crippen molar-refractivity contribution >= 4 is 48.3 Å². The van der Waals surface area contributed by atoms with E-state index in [1.165, 1.54) is 0 Å². The highest BCUT2D eigenvalue weighted by atomic mass is 32.1. The van der Waals surface area contributed by atoms with Gasteiger partial charge in [0.15, 0.2) is 0 Å². The molecule has 7 heteroatoms. The predicted octanol–water partition coefficient (Wildman–Crippen LogP) is 7.06. The van der Waals surface area contributed by atoms with Crippen molar-refractivity contribution in [1.82, 2.24) is 0 Å². The predicted molar refractivity (Wildman–Crippen MR) is 146 cm³/mol. The monoisotopic (exact) mass is 468 g/mol. The Morgan fingerprint density at radius 3 is 1.34 bits per heavy atom. The van der Waals surface area contributed by atoms with Crippen LogP contribution in [0.5, 0.6) is 0 Å². The number of hydrogen-bond acceptors (Lipinski definition) is 5. The molecule has 29 heavy (non-hydrogen) atoms. The molecular weight excluding hydrogens is 416 g/mol. The van der Waals surface area contributed by atoms with Crippen LogP contribution in [0, 0.1) is 0 Å². The van der Waals surface area contributed by atoms with Crippen molar-refractivity contribution in [3.63, 3.8) is 0 Å². The molecule has 0 amide bonds. The highest BCUT2D eigenvalue weighted by molar-refractivity contribution is 7.80. The molecule has 0 rings (SSSR count).